The molecule has 1 aromatic heterocycles. The van der Waals surface area contributed by atoms with Gasteiger partial charge in [-0.3, -0.25) is 0 Å². The molecule has 0 saturated carbocycles. The molecule has 2 aromatic carbocycles. The number of rotatable bonds is 4. The summed E-state index contributed by atoms with van der Waals surface area (Å²) in [5.74, 6) is 0.371. The van der Waals surface area contributed by atoms with Gasteiger partial charge in [0, 0.05) is 22.6 Å². The van der Waals surface area contributed by atoms with Crippen LogP contribution < -0.4 is 0 Å². The van der Waals surface area contributed by atoms with Crippen molar-refractivity contribution in [3.63, 3.8) is 0 Å². The molecule has 2 heterocycles. The summed E-state index contributed by atoms with van der Waals surface area (Å²) in [6.45, 7) is 5.25. The van der Waals surface area contributed by atoms with Gasteiger partial charge in [-0.05, 0) is 65.1 Å². The average Bonchev–Trinajstić information content (AvgIpc) is 3.26. The van der Waals surface area contributed by atoms with E-state index in [1.54, 1.807) is 18.2 Å². The largest absolute Gasteiger partial charge is 0.303 e. The second-order valence-electron chi connectivity index (χ2n) is 6.71. The predicted molar refractivity (Wildman–Crippen MR) is 108 cm³/mol. The Morgan fingerprint density at radius 1 is 1.12 bits per heavy atom. The average molecular weight is 433 g/mol. The lowest BCUT2D eigenvalue weighted by Gasteiger charge is -2.12. The SMILES string of the molecule is CCN1CC[C@H](c2cn(S(=O)(=O)c3ccccc3Br)c3ccccc23)C1. The number of nitrogens with zero attached hydrogens (tertiary/aromatic N) is 2. The number of aromatic nitrogens is 1. The van der Waals surface area contributed by atoms with Crippen molar-refractivity contribution in [2.24, 2.45) is 0 Å². The number of fused-ring (bicyclic) bond motifs is 1. The highest BCUT2D eigenvalue weighted by Crippen LogP contribution is 2.36. The molecule has 0 aliphatic carbocycles. The van der Waals surface area contributed by atoms with Crippen molar-refractivity contribution < 1.29 is 8.42 Å². The van der Waals surface area contributed by atoms with E-state index in [1.807, 2.05) is 36.5 Å². The molecule has 26 heavy (non-hydrogen) atoms. The van der Waals surface area contributed by atoms with Gasteiger partial charge >= 0.3 is 0 Å². The maximum atomic E-state index is 13.3. The third-order valence-corrected chi connectivity index (χ3v) is 7.93. The van der Waals surface area contributed by atoms with E-state index in [9.17, 15) is 8.42 Å². The summed E-state index contributed by atoms with van der Waals surface area (Å²) in [6, 6.07) is 14.8. The number of likely N-dealkylation sites (tertiary alicyclic amines) is 1. The second kappa shape index (κ2) is 6.83. The van der Waals surface area contributed by atoms with Crippen LogP contribution in [0.25, 0.3) is 10.9 Å². The maximum Gasteiger partial charge on any atom is 0.269 e. The van der Waals surface area contributed by atoms with Crippen molar-refractivity contribution in [2.75, 3.05) is 19.6 Å². The molecular weight excluding hydrogens is 412 g/mol. The zero-order valence-corrected chi connectivity index (χ0v) is 17.0. The zero-order valence-electron chi connectivity index (χ0n) is 14.6. The molecule has 0 bridgehead atoms. The molecule has 4 rings (SSSR count). The van der Waals surface area contributed by atoms with E-state index < -0.39 is 10.0 Å². The molecule has 3 aromatic rings. The van der Waals surface area contributed by atoms with E-state index in [1.165, 1.54) is 3.97 Å². The van der Waals surface area contributed by atoms with Crippen molar-refractivity contribution in [1.29, 1.82) is 0 Å². The highest BCUT2D eigenvalue weighted by atomic mass is 79.9. The molecule has 0 amide bonds. The highest BCUT2D eigenvalue weighted by molar-refractivity contribution is 9.10. The third kappa shape index (κ3) is 2.90. The molecule has 0 unspecified atom stereocenters. The Hall–Kier alpha value is -1.63. The lowest BCUT2D eigenvalue weighted by Crippen LogP contribution is -2.19. The molecule has 6 heteroatoms. The van der Waals surface area contributed by atoms with Gasteiger partial charge in [0.2, 0.25) is 0 Å². The van der Waals surface area contributed by atoms with Crippen LogP contribution >= 0.6 is 15.9 Å². The van der Waals surface area contributed by atoms with Crippen LogP contribution in [0.1, 0.15) is 24.8 Å². The predicted octanol–water partition coefficient (Wildman–Crippen LogP) is 4.45. The fraction of sp³-hybridized carbons (Fsp3) is 0.300. The van der Waals surface area contributed by atoms with Crippen LogP contribution in [0.2, 0.25) is 0 Å². The minimum Gasteiger partial charge on any atom is -0.303 e. The van der Waals surface area contributed by atoms with Gasteiger partial charge in [-0.15, -0.1) is 0 Å². The molecule has 0 spiro atoms. The number of para-hydroxylation sites is 1. The quantitative estimate of drug-likeness (QED) is 0.611. The van der Waals surface area contributed by atoms with Gasteiger partial charge in [0.05, 0.1) is 5.52 Å². The Kier molecular flexibility index (Phi) is 4.67. The van der Waals surface area contributed by atoms with E-state index >= 15 is 0 Å². The van der Waals surface area contributed by atoms with Gasteiger partial charge in [-0.1, -0.05) is 37.3 Å². The normalized spacial score (nSPS) is 18.6. The van der Waals surface area contributed by atoms with Crippen LogP contribution in [-0.2, 0) is 10.0 Å². The number of hydrogen-bond donors (Lipinski definition) is 0. The Morgan fingerprint density at radius 2 is 1.85 bits per heavy atom. The number of halogens is 1. The maximum absolute atomic E-state index is 13.3. The van der Waals surface area contributed by atoms with Crippen molar-refractivity contribution in [3.8, 4) is 0 Å². The van der Waals surface area contributed by atoms with Crippen LogP contribution in [0.3, 0.4) is 0 Å². The lowest BCUT2D eigenvalue weighted by molar-refractivity contribution is 0.354. The smallest absolute Gasteiger partial charge is 0.269 e. The first kappa shape index (κ1) is 17.8. The minimum absolute atomic E-state index is 0.286. The zero-order chi connectivity index (χ0) is 18.3. The molecule has 1 saturated heterocycles. The minimum atomic E-state index is -3.67. The van der Waals surface area contributed by atoms with Gasteiger partial charge in [0.15, 0.2) is 0 Å². The summed E-state index contributed by atoms with van der Waals surface area (Å²) >= 11 is 3.38. The fourth-order valence-corrected chi connectivity index (χ4v) is 6.18. The van der Waals surface area contributed by atoms with E-state index in [0.717, 1.165) is 42.5 Å². The Balaban J connectivity index is 1.88. The first-order valence-corrected chi connectivity index (χ1v) is 11.1. The van der Waals surface area contributed by atoms with Crippen molar-refractivity contribution in [3.05, 3.63) is 64.8 Å². The number of hydrogen-bond acceptors (Lipinski definition) is 3. The van der Waals surface area contributed by atoms with Gasteiger partial charge < -0.3 is 4.90 Å². The molecule has 1 atom stereocenters. The number of likely N-dealkylation sites (N-methyl/N-ethyl adjacent to an activating group) is 1. The van der Waals surface area contributed by atoms with Gasteiger partial charge in [0.1, 0.15) is 4.90 Å². The molecule has 136 valence electrons. The molecule has 0 N–H and O–H groups in total. The Morgan fingerprint density at radius 3 is 2.58 bits per heavy atom. The third-order valence-electron chi connectivity index (χ3n) is 5.24. The molecule has 1 aliphatic heterocycles. The van der Waals surface area contributed by atoms with Gasteiger partial charge in [0.25, 0.3) is 10.0 Å². The summed E-state index contributed by atoms with van der Waals surface area (Å²) in [6.07, 6.45) is 2.90. The molecule has 1 fully saturated rings. The van der Waals surface area contributed by atoms with E-state index in [4.69, 9.17) is 0 Å². The van der Waals surface area contributed by atoms with Crippen LogP contribution in [0.4, 0.5) is 0 Å². The second-order valence-corrected chi connectivity index (χ2v) is 9.35. The lowest BCUT2D eigenvalue weighted by atomic mass is 9.98. The molecular formula is C20H21BrN2O2S. The summed E-state index contributed by atoms with van der Waals surface area (Å²) in [7, 11) is -3.67. The first-order chi connectivity index (χ1) is 12.5. The van der Waals surface area contributed by atoms with Crippen LogP contribution in [0.5, 0.6) is 0 Å². The van der Waals surface area contributed by atoms with E-state index in [-0.39, 0.29) is 4.90 Å². The molecule has 0 radical (unpaired) electrons. The van der Waals surface area contributed by atoms with Crippen LogP contribution in [-0.4, -0.2) is 36.9 Å². The Bertz CT molecular complexity index is 1060. The van der Waals surface area contributed by atoms with Crippen molar-refractivity contribution >= 4 is 36.9 Å². The summed E-state index contributed by atoms with van der Waals surface area (Å²) in [5.41, 5.74) is 1.88. The summed E-state index contributed by atoms with van der Waals surface area (Å²) < 4.78 is 28.7. The highest BCUT2D eigenvalue weighted by Gasteiger charge is 2.29. The summed E-state index contributed by atoms with van der Waals surface area (Å²) in [5, 5.41) is 1.03. The Labute approximate surface area is 162 Å². The van der Waals surface area contributed by atoms with E-state index in [0.29, 0.717) is 10.4 Å². The van der Waals surface area contributed by atoms with Crippen molar-refractivity contribution in [2.45, 2.75) is 24.2 Å². The molecule has 1 aliphatic rings. The standard InChI is InChI=1S/C20H21BrN2O2S/c1-2-22-12-11-15(13-22)17-14-23(19-9-5-3-7-16(17)19)26(24,25)20-10-6-4-8-18(20)21/h3-10,14-15H,2,11-13H2,1H3/t15-/m0/s1. The van der Waals surface area contributed by atoms with Gasteiger partial charge in [-0.2, -0.15) is 0 Å². The monoisotopic (exact) mass is 432 g/mol. The number of benzene rings is 2. The van der Waals surface area contributed by atoms with Crippen LogP contribution in [0, 0.1) is 0 Å². The van der Waals surface area contributed by atoms with Crippen LogP contribution in [0.15, 0.2) is 64.1 Å². The van der Waals surface area contributed by atoms with Gasteiger partial charge in [-0.25, -0.2) is 12.4 Å². The topological polar surface area (TPSA) is 42.3 Å². The van der Waals surface area contributed by atoms with E-state index in [2.05, 4.69) is 27.8 Å². The summed E-state index contributed by atoms with van der Waals surface area (Å²) in [4.78, 5) is 2.70. The molecule has 4 nitrogen and oxygen atoms in total. The fourth-order valence-electron chi connectivity index (χ4n) is 3.83. The van der Waals surface area contributed by atoms with Crippen molar-refractivity contribution in [1.82, 2.24) is 8.87 Å². The first-order valence-electron chi connectivity index (χ1n) is 8.85.